The lowest BCUT2D eigenvalue weighted by molar-refractivity contribution is -0.284. The van der Waals surface area contributed by atoms with Gasteiger partial charge >= 0.3 is 12.1 Å². The van der Waals surface area contributed by atoms with Crippen LogP contribution in [0, 0.1) is 23.2 Å². The predicted molar refractivity (Wildman–Crippen MR) is 153 cm³/mol. The number of aromatic hydroxyl groups is 1. The van der Waals surface area contributed by atoms with Gasteiger partial charge in [0.2, 0.25) is 0 Å². The third kappa shape index (κ3) is 7.54. The van der Waals surface area contributed by atoms with Crippen molar-refractivity contribution in [3.05, 3.63) is 35.4 Å². The first-order valence-electron chi connectivity index (χ1n) is 15.3. The minimum atomic E-state index is -5.54. The lowest BCUT2D eigenvalue weighted by Gasteiger charge is -2.49. The van der Waals surface area contributed by atoms with Crippen LogP contribution in [0.5, 0.6) is 5.75 Å². The Kier molecular flexibility index (Phi) is 10.6. The van der Waals surface area contributed by atoms with Crippen molar-refractivity contribution in [3.63, 3.8) is 0 Å². The Morgan fingerprint density at radius 3 is 2.32 bits per heavy atom. The van der Waals surface area contributed by atoms with Crippen molar-refractivity contribution in [1.82, 2.24) is 0 Å². The number of unbranched alkanes of at least 4 members (excludes halogenated alkanes) is 6. The molecule has 9 heteroatoms. The van der Waals surface area contributed by atoms with Crippen LogP contribution in [0.4, 0.5) is 22.0 Å². The fourth-order valence-electron chi connectivity index (χ4n) is 7.65. The summed E-state index contributed by atoms with van der Waals surface area (Å²) >= 11 is 0. The third-order valence-corrected chi connectivity index (χ3v) is 11.5. The second kappa shape index (κ2) is 13.4. The van der Waals surface area contributed by atoms with E-state index in [1.165, 1.54) is 16.7 Å². The van der Waals surface area contributed by atoms with Gasteiger partial charge in [-0.3, -0.25) is 4.21 Å². The highest BCUT2D eigenvalue weighted by Gasteiger charge is 2.56. The standard InChI is InChI=1S/C32H45F5O3S/c1-30-17-15-26-25-12-11-24(38)21-23(25)20-22(29(26)27(30)13-14-28(30)39)10-7-5-3-2-4-6-8-18-41(40)19-9-16-31(33,34)32(35,36)37/h11-12,15,21-22,27-29,38-39H,2-10,13-14,16-20H2,1H3/t22-,27?,28+,29?,30+,41?/m1/s1. The minimum Gasteiger partial charge on any atom is -0.508 e. The molecule has 3 aliphatic rings. The van der Waals surface area contributed by atoms with E-state index in [2.05, 4.69) is 19.1 Å². The van der Waals surface area contributed by atoms with Gasteiger partial charge in [0.25, 0.3) is 0 Å². The summed E-state index contributed by atoms with van der Waals surface area (Å²) in [7, 11) is -1.36. The number of aliphatic hydroxyl groups excluding tert-OH is 1. The van der Waals surface area contributed by atoms with Crippen LogP contribution in [0.15, 0.2) is 24.3 Å². The Labute approximate surface area is 243 Å². The monoisotopic (exact) mass is 604 g/mol. The van der Waals surface area contributed by atoms with E-state index in [1.54, 1.807) is 6.07 Å². The Hall–Kier alpha value is -1.48. The number of alkyl halides is 5. The van der Waals surface area contributed by atoms with Crippen LogP contribution in [0.3, 0.4) is 0 Å². The van der Waals surface area contributed by atoms with Gasteiger partial charge < -0.3 is 10.2 Å². The first-order valence-corrected chi connectivity index (χ1v) is 16.8. The Morgan fingerprint density at radius 2 is 1.61 bits per heavy atom. The molecule has 0 bridgehead atoms. The van der Waals surface area contributed by atoms with E-state index in [-0.39, 0.29) is 17.3 Å². The quantitative estimate of drug-likeness (QED) is 0.165. The zero-order chi connectivity index (χ0) is 29.8. The van der Waals surface area contributed by atoms with Crippen LogP contribution < -0.4 is 0 Å². The average molecular weight is 605 g/mol. The van der Waals surface area contributed by atoms with E-state index >= 15 is 0 Å². The molecule has 2 N–H and O–H groups in total. The summed E-state index contributed by atoms with van der Waals surface area (Å²) in [6.07, 6.45) is 6.77. The van der Waals surface area contributed by atoms with Crippen molar-refractivity contribution in [3.8, 4) is 5.75 Å². The normalized spacial score (nSPS) is 28.5. The molecule has 3 nitrogen and oxygen atoms in total. The van der Waals surface area contributed by atoms with Gasteiger partial charge in [0.1, 0.15) is 5.75 Å². The third-order valence-electron chi connectivity index (χ3n) is 10.0. The minimum absolute atomic E-state index is 0.0569. The smallest absolute Gasteiger partial charge is 0.453 e. The molecule has 0 spiro atoms. The van der Waals surface area contributed by atoms with Gasteiger partial charge in [-0.2, -0.15) is 22.0 Å². The number of aliphatic hydroxyl groups is 1. The van der Waals surface area contributed by atoms with Crippen LogP contribution in [-0.2, 0) is 17.2 Å². The van der Waals surface area contributed by atoms with Crippen LogP contribution in [0.25, 0.3) is 5.57 Å². The van der Waals surface area contributed by atoms with E-state index in [4.69, 9.17) is 0 Å². The number of benzene rings is 1. The maximum atomic E-state index is 12.9. The summed E-state index contributed by atoms with van der Waals surface area (Å²) in [5.41, 5.74) is 3.86. The Morgan fingerprint density at radius 1 is 0.951 bits per heavy atom. The van der Waals surface area contributed by atoms with E-state index in [0.717, 1.165) is 70.6 Å². The Balaban J connectivity index is 1.16. The molecule has 0 heterocycles. The molecule has 41 heavy (non-hydrogen) atoms. The summed E-state index contributed by atoms with van der Waals surface area (Å²) in [5.74, 6) is -2.74. The number of halogens is 5. The molecular weight excluding hydrogens is 559 g/mol. The van der Waals surface area contributed by atoms with Crippen LogP contribution in [0.1, 0.15) is 102 Å². The van der Waals surface area contributed by atoms with Crippen LogP contribution in [-0.4, -0.2) is 44.1 Å². The van der Waals surface area contributed by atoms with Gasteiger partial charge in [-0.25, -0.2) is 0 Å². The lowest BCUT2D eigenvalue weighted by Crippen LogP contribution is -2.43. The number of hydrogen-bond donors (Lipinski definition) is 2. The molecule has 0 saturated heterocycles. The molecule has 1 aromatic rings. The zero-order valence-corrected chi connectivity index (χ0v) is 24.8. The van der Waals surface area contributed by atoms with Crippen molar-refractivity contribution >= 4 is 16.4 Å². The second-order valence-electron chi connectivity index (χ2n) is 12.8. The number of allylic oxidation sites excluding steroid dienone is 2. The molecule has 0 aliphatic heterocycles. The summed E-state index contributed by atoms with van der Waals surface area (Å²) in [6, 6.07) is 5.77. The molecule has 0 radical (unpaired) electrons. The fraction of sp³-hybridized carbons (Fsp3) is 0.750. The molecule has 0 aromatic heterocycles. The molecule has 1 aromatic carbocycles. The molecule has 3 aliphatic carbocycles. The summed E-state index contributed by atoms with van der Waals surface area (Å²) in [4.78, 5) is 0. The predicted octanol–water partition coefficient (Wildman–Crippen LogP) is 8.59. The summed E-state index contributed by atoms with van der Waals surface area (Å²) < 4.78 is 74.5. The first-order chi connectivity index (χ1) is 19.3. The van der Waals surface area contributed by atoms with Crippen molar-refractivity contribution in [2.24, 2.45) is 23.2 Å². The van der Waals surface area contributed by atoms with Crippen molar-refractivity contribution in [2.45, 2.75) is 115 Å². The summed E-state index contributed by atoms with van der Waals surface area (Å²) in [6.45, 7) is 2.26. The molecular formula is C32H45F5O3S. The highest BCUT2D eigenvalue weighted by molar-refractivity contribution is 7.84. The molecule has 0 amide bonds. The summed E-state index contributed by atoms with van der Waals surface area (Å²) in [5, 5.41) is 20.9. The number of phenols is 1. The first kappa shape index (κ1) is 32.4. The van der Waals surface area contributed by atoms with Crippen molar-refractivity contribution in [2.75, 3.05) is 11.5 Å². The van der Waals surface area contributed by atoms with Crippen LogP contribution in [0.2, 0.25) is 0 Å². The van der Waals surface area contributed by atoms with Crippen molar-refractivity contribution in [1.29, 1.82) is 0 Å². The second-order valence-corrected chi connectivity index (χ2v) is 14.5. The number of phenolic OH excluding ortho intramolecular Hbond substituents is 1. The van der Waals surface area contributed by atoms with E-state index in [0.29, 0.717) is 35.7 Å². The van der Waals surface area contributed by atoms with E-state index in [9.17, 15) is 36.4 Å². The van der Waals surface area contributed by atoms with E-state index < -0.39 is 35.7 Å². The van der Waals surface area contributed by atoms with Gasteiger partial charge in [0.05, 0.1) is 6.10 Å². The van der Waals surface area contributed by atoms with Gasteiger partial charge in [-0.1, -0.05) is 57.6 Å². The van der Waals surface area contributed by atoms with Gasteiger partial charge in [-0.15, -0.1) is 0 Å². The topological polar surface area (TPSA) is 57.5 Å². The van der Waals surface area contributed by atoms with Crippen molar-refractivity contribution < 1.29 is 36.4 Å². The highest BCUT2D eigenvalue weighted by atomic mass is 32.2. The number of hydrogen-bond acceptors (Lipinski definition) is 3. The maximum absolute atomic E-state index is 12.9. The van der Waals surface area contributed by atoms with Gasteiger partial charge in [-0.05, 0) is 91.5 Å². The number of rotatable bonds is 14. The number of fused-ring (bicyclic) bond motifs is 5. The van der Waals surface area contributed by atoms with Gasteiger partial charge in [0.15, 0.2) is 0 Å². The Bertz CT molecular complexity index is 1090. The van der Waals surface area contributed by atoms with Crippen LogP contribution >= 0.6 is 0 Å². The molecule has 1 saturated carbocycles. The molecule has 1 fully saturated rings. The highest BCUT2D eigenvalue weighted by Crippen LogP contribution is 2.60. The molecule has 4 rings (SSSR count). The SMILES string of the molecule is C[C@]12CC=C3c4ccc(O)cc4C[C@@H](CCCCCCCCCS(=O)CCCC(F)(F)C(F)(F)F)C3C1CC[C@@H]2O. The van der Waals surface area contributed by atoms with Gasteiger partial charge in [0, 0.05) is 34.1 Å². The average Bonchev–Trinajstić information content (AvgIpc) is 3.20. The molecule has 3 unspecified atom stereocenters. The lowest BCUT2D eigenvalue weighted by atomic mass is 9.56. The molecule has 6 atom stereocenters. The van der Waals surface area contributed by atoms with E-state index in [1.807, 2.05) is 6.07 Å². The fourth-order valence-corrected chi connectivity index (χ4v) is 8.85. The maximum Gasteiger partial charge on any atom is 0.453 e. The zero-order valence-electron chi connectivity index (χ0n) is 24.0. The largest absolute Gasteiger partial charge is 0.508 e. The molecule has 232 valence electrons.